The van der Waals surface area contributed by atoms with Gasteiger partial charge in [-0.1, -0.05) is 23.9 Å². The van der Waals surface area contributed by atoms with Crippen LogP contribution in [0.1, 0.15) is 17.5 Å². The highest BCUT2D eigenvalue weighted by atomic mass is 32.2. The molecule has 4 aromatic rings. The molecule has 0 fully saturated rings. The summed E-state index contributed by atoms with van der Waals surface area (Å²) in [5.41, 5.74) is 1.60. The largest absolute Gasteiger partial charge is 0.493 e. The van der Waals surface area contributed by atoms with Gasteiger partial charge in [-0.15, -0.1) is 21.5 Å². The molecule has 8 nitrogen and oxygen atoms in total. The quantitative estimate of drug-likeness (QED) is 0.420. The van der Waals surface area contributed by atoms with Crippen molar-refractivity contribution >= 4 is 45.1 Å². The maximum absolute atomic E-state index is 12.3. The number of aromatic nitrogens is 4. The van der Waals surface area contributed by atoms with Gasteiger partial charge >= 0.3 is 0 Å². The number of thiazole rings is 1. The van der Waals surface area contributed by atoms with E-state index < -0.39 is 0 Å². The summed E-state index contributed by atoms with van der Waals surface area (Å²) in [6, 6.07) is 7.64. The summed E-state index contributed by atoms with van der Waals surface area (Å²) in [4.78, 5) is 17.7. The molecule has 4 rings (SSSR count). The predicted molar refractivity (Wildman–Crippen MR) is 118 cm³/mol. The fraction of sp³-hybridized carbons (Fsp3) is 0.300. The molecule has 0 spiro atoms. The van der Waals surface area contributed by atoms with E-state index in [0.29, 0.717) is 39.7 Å². The Labute approximate surface area is 181 Å². The number of ether oxygens (including phenoxy) is 1. The van der Waals surface area contributed by atoms with Gasteiger partial charge in [-0.05, 0) is 32.9 Å². The van der Waals surface area contributed by atoms with Crippen molar-refractivity contribution in [3.8, 4) is 17.3 Å². The third-order valence-corrected chi connectivity index (χ3v) is 6.54. The Morgan fingerprint density at radius 1 is 1.33 bits per heavy atom. The smallest absolute Gasteiger partial charge is 0.236 e. The van der Waals surface area contributed by atoms with Crippen molar-refractivity contribution in [2.24, 2.45) is 0 Å². The van der Waals surface area contributed by atoms with Crippen LogP contribution in [0.3, 0.4) is 0 Å². The van der Waals surface area contributed by atoms with Crippen LogP contribution in [0.2, 0.25) is 0 Å². The van der Waals surface area contributed by atoms with Crippen molar-refractivity contribution in [3.63, 3.8) is 0 Å². The van der Waals surface area contributed by atoms with Gasteiger partial charge in [0.05, 0.1) is 18.6 Å². The number of hydrogen-bond donors (Lipinski definition) is 1. The van der Waals surface area contributed by atoms with Crippen LogP contribution in [0, 0.1) is 13.8 Å². The van der Waals surface area contributed by atoms with E-state index in [1.165, 1.54) is 23.1 Å². The third-order valence-electron chi connectivity index (χ3n) is 4.59. The number of methoxy groups -OCH3 is 1. The van der Waals surface area contributed by atoms with Gasteiger partial charge < -0.3 is 14.5 Å². The van der Waals surface area contributed by atoms with Crippen LogP contribution in [-0.4, -0.2) is 38.5 Å². The molecule has 0 saturated heterocycles. The lowest BCUT2D eigenvalue weighted by atomic mass is 10.2. The van der Waals surface area contributed by atoms with Crippen LogP contribution < -0.4 is 10.1 Å². The van der Waals surface area contributed by atoms with Gasteiger partial charge in [-0.2, -0.15) is 0 Å². The molecule has 0 aliphatic carbocycles. The average Bonchev–Trinajstić information content (AvgIpc) is 3.42. The molecule has 0 radical (unpaired) electrons. The minimum absolute atomic E-state index is 0.130. The number of amides is 1. The molecule has 0 saturated carbocycles. The van der Waals surface area contributed by atoms with Gasteiger partial charge in [0.25, 0.3) is 0 Å². The fourth-order valence-electron chi connectivity index (χ4n) is 2.98. The maximum Gasteiger partial charge on any atom is 0.236 e. The molecule has 0 atom stereocenters. The zero-order valence-corrected chi connectivity index (χ0v) is 18.7. The van der Waals surface area contributed by atoms with Crippen molar-refractivity contribution in [2.75, 3.05) is 18.2 Å². The molecule has 156 valence electrons. The summed E-state index contributed by atoms with van der Waals surface area (Å²) < 4.78 is 13.3. The van der Waals surface area contributed by atoms with Crippen molar-refractivity contribution in [2.45, 2.75) is 32.5 Å². The molecule has 3 aromatic heterocycles. The van der Waals surface area contributed by atoms with Gasteiger partial charge in [0.15, 0.2) is 27.4 Å². The minimum atomic E-state index is -0.130. The number of aryl methyl sites for hydroxylation is 2. The Hall–Kier alpha value is -2.85. The van der Waals surface area contributed by atoms with Crippen molar-refractivity contribution in [3.05, 3.63) is 34.8 Å². The van der Waals surface area contributed by atoms with Crippen LogP contribution in [0.5, 0.6) is 5.75 Å². The lowest BCUT2D eigenvalue weighted by Gasteiger charge is -2.05. The first-order chi connectivity index (χ1) is 14.5. The summed E-state index contributed by atoms with van der Waals surface area (Å²) >= 11 is 2.80. The molecule has 1 amide bonds. The second-order valence-corrected chi connectivity index (χ2v) is 8.68. The summed E-state index contributed by atoms with van der Waals surface area (Å²) in [7, 11) is 1.61. The fourth-order valence-corrected chi connectivity index (χ4v) is 4.61. The second kappa shape index (κ2) is 8.49. The van der Waals surface area contributed by atoms with Crippen molar-refractivity contribution in [1.29, 1.82) is 0 Å². The number of hydrogen-bond acceptors (Lipinski definition) is 8. The molecule has 0 bridgehead atoms. The first-order valence-electron chi connectivity index (χ1n) is 9.37. The number of thioether (sulfide) groups is 1. The Bertz CT molecular complexity index is 1190. The minimum Gasteiger partial charge on any atom is -0.493 e. The molecule has 1 N–H and O–H groups in total. The number of benzene rings is 1. The topological polar surface area (TPSA) is 95.1 Å². The summed E-state index contributed by atoms with van der Waals surface area (Å²) in [5.74, 6) is 1.97. The number of carbonyl (C=O) groups excluding carboxylic acids is 1. The first-order valence-corrected chi connectivity index (χ1v) is 11.2. The van der Waals surface area contributed by atoms with E-state index in [1.54, 1.807) is 7.11 Å². The third kappa shape index (κ3) is 3.92. The van der Waals surface area contributed by atoms with Gasteiger partial charge in [-0.25, -0.2) is 4.98 Å². The van der Waals surface area contributed by atoms with E-state index in [-0.39, 0.29) is 11.7 Å². The van der Waals surface area contributed by atoms with E-state index >= 15 is 0 Å². The zero-order chi connectivity index (χ0) is 21.3. The van der Waals surface area contributed by atoms with Gasteiger partial charge in [0.1, 0.15) is 0 Å². The monoisotopic (exact) mass is 443 g/mol. The molecule has 0 unspecified atom stereocenters. The summed E-state index contributed by atoms with van der Waals surface area (Å²) in [6.45, 7) is 6.55. The molecule has 0 aliphatic rings. The lowest BCUT2D eigenvalue weighted by molar-refractivity contribution is -0.113. The van der Waals surface area contributed by atoms with Crippen molar-refractivity contribution in [1.82, 2.24) is 19.7 Å². The Morgan fingerprint density at radius 2 is 2.17 bits per heavy atom. The number of furan rings is 1. The number of rotatable bonds is 7. The van der Waals surface area contributed by atoms with Crippen LogP contribution in [0.4, 0.5) is 5.13 Å². The molecule has 10 heteroatoms. The normalized spacial score (nSPS) is 11.2. The number of fused-ring (bicyclic) bond motifs is 1. The second-order valence-electron chi connectivity index (χ2n) is 6.54. The van der Waals surface area contributed by atoms with E-state index in [1.807, 2.05) is 49.6 Å². The zero-order valence-electron chi connectivity index (χ0n) is 17.1. The van der Waals surface area contributed by atoms with Crippen LogP contribution in [0.25, 0.3) is 22.6 Å². The van der Waals surface area contributed by atoms with E-state index in [4.69, 9.17) is 9.15 Å². The lowest BCUT2D eigenvalue weighted by Crippen LogP contribution is -2.14. The average molecular weight is 444 g/mol. The standard InChI is InChI=1S/C20H21N5O3S2/c1-5-25-18(15-9-13-7-6-8-14(27-4)17(13)28-15)23-24-20(25)29-10-16(26)22-19-21-11(2)12(3)30-19/h6-9H,5,10H2,1-4H3,(H,21,22,26). The maximum atomic E-state index is 12.3. The van der Waals surface area contributed by atoms with Crippen molar-refractivity contribution < 1.29 is 13.9 Å². The van der Waals surface area contributed by atoms with E-state index in [9.17, 15) is 4.79 Å². The van der Waals surface area contributed by atoms with E-state index in [0.717, 1.165) is 16.0 Å². The highest BCUT2D eigenvalue weighted by molar-refractivity contribution is 7.99. The molecule has 0 aliphatic heterocycles. The molecule has 30 heavy (non-hydrogen) atoms. The number of para-hydroxylation sites is 1. The molecule has 3 heterocycles. The Morgan fingerprint density at radius 3 is 2.87 bits per heavy atom. The number of nitrogens with zero attached hydrogens (tertiary/aromatic N) is 4. The summed E-state index contributed by atoms with van der Waals surface area (Å²) in [5, 5.41) is 13.6. The highest BCUT2D eigenvalue weighted by Crippen LogP contribution is 2.33. The van der Waals surface area contributed by atoms with E-state index in [2.05, 4.69) is 20.5 Å². The molecular formula is C20H21N5O3S2. The van der Waals surface area contributed by atoms with Gasteiger partial charge in [-0.3, -0.25) is 9.36 Å². The Kier molecular flexibility index (Phi) is 5.78. The predicted octanol–water partition coefficient (Wildman–Crippen LogP) is 4.52. The number of carbonyl (C=O) groups is 1. The molecular weight excluding hydrogens is 422 g/mol. The van der Waals surface area contributed by atoms with Crippen LogP contribution in [-0.2, 0) is 11.3 Å². The summed E-state index contributed by atoms with van der Waals surface area (Å²) in [6.07, 6.45) is 0. The number of anilines is 1. The van der Waals surface area contributed by atoms with Gasteiger partial charge in [0.2, 0.25) is 11.7 Å². The van der Waals surface area contributed by atoms with Crippen LogP contribution in [0.15, 0.2) is 33.8 Å². The first kappa shape index (κ1) is 20.4. The molecule has 1 aromatic carbocycles. The van der Waals surface area contributed by atoms with Crippen LogP contribution >= 0.6 is 23.1 Å². The van der Waals surface area contributed by atoms with Gasteiger partial charge in [0, 0.05) is 16.8 Å². The highest BCUT2D eigenvalue weighted by Gasteiger charge is 2.19. The Balaban J connectivity index is 1.52. The SMILES string of the molecule is CCn1c(SCC(=O)Nc2nc(C)c(C)s2)nnc1-c1cc2cccc(OC)c2o1. The number of nitrogens with one attached hydrogen (secondary N) is 1.